The van der Waals surface area contributed by atoms with E-state index in [1.807, 2.05) is 6.08 Å². The Morgan fingerprint density at radius 1 is 1.24 bits per heavy atom. The van der Waals surface area contributed by atoms with Crippen LogP contribution in [0.1, 0.15) is 26.7 Å². The van der Waals surface area contributed by atoms with Gasteiger partial charge in [0.1, 0.15) is 0 Å². The Morgan fingerprint density at radius 2 is 2.00 bits per heavy atom. The van der Waals surface area contributed by atoms with Gasteiger partial charge in [-0.1, -0.05) is 44.2 Å². The minimum absolute atomic E-state index is 0.290. The molecular weight excluding hydrogens is 264 g/mol. The van der Waals surface area contributed by atoms with Gasteiger partial charge in [0.05, 0.1) is 0 Å². The van der Waals surface area contributed by atoms with E-state index in [1.165, 1.54) is 6.08 Å². The van der Waals surface area contributed by atoms with Gasteiger partial charge < -0.3 is 10.2 Å². The first-order valence-corrected chi connectivity index (χ1v) is 7.90. The highest BCUT2D eigenvalue weighted by Gasteiger charge is 2.41. The Bertz CT molecular complexity index is 449. The molecule has 0 saturated heterocycles. The van der Waals surface area contributed by atoms with Crippen molar-refractivity contribution in [1.29, 1.82) is 0 Å². The largest absolute Gasteiger partial charge is 0.478 e. The summed E-state index contributed by atoms with van der Waals surface area (Å²) in [4.78, 5) is 10.5. The van der Waals surface area contributed by atoms with Crippen LogP contribution in [0.2, 0.25) is 0 Å². The van der Waals surface area contributed by atoms with Crippen molar-refractivity contribution >= 4 is 5.97 Å². The van der Waals surface area contributed by atoms with E-state index in [0.29, 0.717) is 42.1 Å². The van der Waals surface area contributed by atoms with Crippen LogP contribution in [0.5, 0.6) is 0 Å². The molecule has 0 spiro atoms. The lowest BCUT2D eigenvalue weighted by atomic mass is 9.59. The average molecular weight is 290 g/mol. The number of carbonyl (C=O) groups is 1. The third kappa shape index (κ3) is 3.85. The van der Waals surface area contributed by atoms with E-state index in [2.05, 4.69) is 32.1 Å². The van der Waals surface area contributed by atoms with Crippen molar-refractivity contribution < 1.29 is 15.0 Å². The summed E-state index contributed by atoms with van der Waals surface area (Å²) >= 11 is 0. The van der Waals surface area contributed by atoms with Crippen LogP contribution in [0.3, 0.4) is 0 Å². The van der Waals surface area contributed by atoms with Gasteiger partial charge in [-0.05, 0) is 48.3 Å². The summed E-state index contributed by atoms with van der Waals surface area (Å²) in [5.74, 6) is 2.18. The maximum absolute atomic E-state index is 10.5. The summed E-state index contributed by atoms with van der Waals surface area (Å²) < 4.78 is 0. The molecule has 2 N–H and O–H groups in total. The van der Waals surface area contributed by atoms with E-state index in [-0.39, 0.29) is 0 Å². The Morgan fingerprint density at radius 3 is 2.67 bits per heavy atom. The minimum atomic E-state index is -0.911. The topological polar surface area (TPSA) is 57.5 Å². The van der Waals surface area contributed by atoms with Crippen molar-refractivity contribution in [2.45, 2.75) is 26.7 Å². The van der Waals surface area contributed by atoms with Crippen molar-refractivity contribution in [1.82, 2.24) is 0 Å². The van der Waals surface area contributed by atoms with Crippen molar-refractivity contribution in [3.63, 3.8) is 0 Å². The Hall–Kier alpha value is -1.35. The van der Waals surface area contributed by atoms with Gasteiger partial charge in [0, 0.05) is 12.7 Å². The van der Waals surface area contributed by atoms with E-state index < -0.39 is 5.97 Å². The number of carboxylic acids is 1. The molecule has 3 heteroatoms. The van der Waals surface area contributed by atoms with E-state index >= 15 is 0 Å². The van der Waals surface area contributed by atoms with Crippen molar-refractivity contribution in [2.24, 2.45) is 35.5 Å². The summed E-state index contributed by atoms with van der Waals surface area (Å²) in [5.41, 5.74) is 0. The molecule has 0 heterocycles. The third-order valence-corrected chi connectivity index (χ3v) is 5.12. The van der Waals surface area contributed by atoms with E-state index in [0.717, 1.165) is 12.8 Å². The molecule has 1 fully saturated rings. The molecule has 0 aromatic heterocycles. The monoisotopic (exact) mass is 290 g/mol. The number of hydrogen-bond acceptors (Lipinski definition) is 2. The van der Waals surface area contributed by atoms with Gasteiger partial charge in [0.25, 0.3) is 0 Å². The molecule has 2 aliphatic carbocycles. The molecule has 21 heavy (non-hydrogen) atoms. The second kappa shape index (κ2) is 7.08. The zero-order valence-corrected chi connectivity index (χ0v) is 12.9. The molecule has 1 saturated carbocycles. The van der Waals surface area contributed by atoms with Crippen LogP contribution < -0.4 is 0 Å². The Balaban J connectivity index is 2.13. The molecule has 6 atom stereocenters. The molecule has 116 valence electrons. The molecule has 3 nitrogen and oxygen atoms in total. The average Bonchev–Trinajstić information content (AvgIpc) is 2.45. The summed E-state index contributed by atoms with van der Waals surface area (Å²) in [6.07, 6.45) is 13.6. The molecule has 0 bridgehead atoms. The van der Waals surface area contributed by atoms with Crippen LogP contribution in [0.4, 0.5) is 0 Å². The molecule has 0 amide bonds. The smallest absolute Gasteiger partial charge is 0.328 e. The van der Waals surface area contributed by atoms with E-state index in [4.69, 9.17) is 5.11 Å². The molecule has 0 aromatic rings. The van der Waals surface area contributed by atoms with Crippen molar-refractivity contribution in [3.05, 3.63) is 36.5 Å². The minimum Gasteiger partial charge on any atom is -0.478 e. The van der Waals surface area contributed by atoms with Gasteiger partial charge in [-0.25, -0.2) is 4.79 Å². The third-order valence-electron chi connectivity index (χ3n) is 5.12. The lowest BCUT2D eigenvalue weighted by Gasteiger charge is -2.46. The number of hydrogen-bond donors (Lipinski definition) is 2. The molecule has 0 aromatic carbocycles. The number of fused-ring (bicyclic) bond motifs is 1. The predicted octanol–water partition coefficient (Wildman–Crippen LogP) is 3.28. The van der Waals surface area contributed by atoms with Crippen LogP contribution in [-0.2, 0) is 4.79 Å². The summed E-state index contributed by atoms with van der Waals surface area (Å²) in [5, 5.41) is 18.1. The van der Waals surface area contributed by atoms with Gasteiger partial charge in [-0.3, -0.25) is 0 Å². The molecule has 0 aliphatic heterocycles. The number of aliphatic carboxylic acids is 1. The number of aliphatic hydroxyl groups excluding tert-OH is 1. The van der Waals surface area contributed by atoms with E-state index in [1.54, 1.807) is 6.08 Å². The van der Waals surface area contributed by atoms with Crippen LogP contribution >= 0.6 is 0 Å². The number of allylic oxidation sites excluding steroid dienone is 5. The molecule has 2 aliphatic rings. The predicted molar refractivity (Wildman–Crippen MR) is 83.7 cm³/mol. The zero-order chi connectivity index (χ0) is 15.4. The number of carboxylic acid groups (broad SMARTS) is 1. The quantitative estimate of drug-likeness (QED) is 0.474. The first kappa shape index (κ1) is 16.0. The fraction of sp³-hybridized carbons (Fsp3) is 0.611. The number of rotatable bonds is 4. The van der Waals surface area contributed by atoms with Crippen molar-refractivity contribution in [2.75, 3.05) is 6.61 Å². The van der Waals surface area contributed by atoms with Gasteiger partial charge >= 0.3 is 5.97 Å². The summed E-state index contributed by atoms with van der Waals surface area (Å²) in [7, 11) is 0. The first-order valence-electron chi connectivity index (χ1n) is 7.90. The molecular formula is C18H26O3. The highest BCUT2D eigenvalue weighted by Crippen LogP contribution is 2.48. The first-order chi connectivity index (χ1) is 10.0. The SMILES string of the molecule is CC1C=CC2CC(CO)CC(C)C2C1C=CC=CC(=O)O. The fourth-order valence-corrected chi connectivity index (χ4v) is 4.19. The van der Waals surface area contributed by atoms with Crippen molar-refractivity contribution in [3.8, 4) is 0 Å². The second-order valence-corrected chi connectivity index (χ2v) is 6.64. The molecule has 2 rings (SSSR count). The van der Waals surface area contributed by atoms with Crippen LogP contribution in [-0.4, -0.2) is 22.8 Å². The van der Waals surface area contributed by atoms with Crippen LogP contribution in [0, 0.1) is 35.5 Å². The maximum Gasteiger partial charge on any atom is 0.328 e. The second-order valence-electron chi connectivity index (χ2n) is 6.64. The van der Waals surface area contributed by atoms with Gasteiger partial charge in [-0.2, -0.15) is 0 Å². The van der Waals surface area contributed by atoms with Gasteiger partial charge in [-0.15, -0.1) is 0 Å². The van der Waals surface area contributed by atoms with E-state index in [9.17, 15) is 9.90 Å². The molecule has 0 radical (unpaired) electrons. The summed E-state index contributed by atoms with van der Waals surface area (Å²) in [6.45, 7) is 4.81. The lowest BCUT2D eigenvalue weighted by molar-refractivity contribution is -0.131. The van der Waals surface area contributed by atoms with Crippen LogP contribution in [0.25, 0.3) is 0 Å². The number of aliphatic hydroxyl groups is 1. The molecule has 6 unspecified atom stereocenters. The summed E-state index contributed by atoms with van der Waals surface area (Å²) in [6, 6.07) is 0. The lowest BCUT2D eigenvalue weighted by Crippen LogP contribution is -2.40. The maximum atomic E-state index is 10.5. The zero-order valence-electron chi connectivity index (χ0n) is 12.9. The fourth-order valence-electron chi connectivity index (χ4n) is 4.19. The Labute approximate surface area is 127 Å². The highest BCUT2D eigenvalue weighted by atomic mass is 16.4. The Kier molecular flexibility index (Phi) is 5.40. The standard InChI is InChI=1S/C18H26O3/c1-12-7-8-15-10-14(11-19)9-13(2)18(15)16(12)5-3-4-6-17(20)21/h3-8,12-16,18-19H,9-11H2,1-2H3,(H,20,21). The van der Waals surface area contributed by atoms with Gasteiger partial charge in [0.2, 0.25) is 0 Å². The van der Waals surface area contributed by atoms with Gasteiger partial charge in [0.15, 0.2) is 0 Å². The normalized spacial score (nSPS) is 39.8. The van der Waals surface area contributed by atoms with Crippen LogP contribution in [0.15, 0.2) is 36.5 Å². The highest BCUT2D eigenvalue weighted by molar-refractivity contribution is 5.80.